The molecule has 5 aromatic carbocycles. The van der Waals surface area contributed by atoms with Crippen molar-refractivity contribution in [2.75, 3.05) is 35.2 Å². The summed E-state index contributed by atoms with van der Waals surface area (Å²) in [6.45, 7) is 17.5. The number of rotatable bonds is 17. The SMILES string of the molecule is C=CC(O)(Cc1ccc(F)cc1)N(C)N.C=CC(O)(Cc1ccc(F)cc1)N(C)N.C=CC(O)(c1ccc(F)cc1)N(C)N.C=CC(O)(c1ccc(F)cc1)N(C)N.C=CC(O)(c1ccc(F)cc1)N(C)N. The maximum absolute atomic E-state index is 12.6. The molecule has 0 saturated heterocycles. The lowest BCUT2D eigenvalue weighted by Gasteiger charge is -2.31. The largest absolute Gasteiger partial charge is 0.370 e. The van der Waals surface area contributed by atoms with Gasteiger partial charge in [-0.15, -0.1) is 0 Å². The van der Waals surface area contributed by atoms with E-state index in [9.17, 15) is 47.5 Å². The Morgan fingerprint density at radius 2 is 0.528 bits per heavy atom. The maximum atomic E-state index is 12.6. The van der Waals surface area contributed by atoms with Gasteiger partial charge in [-0.1, -0.05) is 93.6 Å². The first-order chi connectivity index (χ1) is 33.5. The van der Waals surface area contributed by atoms with E-state index in [1.165, 1.54) is 159 Å². The van der Waals surface area contributed by atoms with Crippen LogP contribution in [0.4, 0.5) is 22.0 Å². The summed E-state index contributed by atoms with van der Waals surface area (Å²) in [6.07, 6.45) is 7.13. The Hall–Kier alpha value is -6.15. The molecule has 0 saturated carbocycles. The van der Waals surface area contributed by atoms with Crippen LogP contribution in [0, 0.1) is 29.1 Å². The Labute approximate surface area is 418 Å². The van der Waals surface area contributed by atoms with Gasteiger partial charge >= 0.3 is 0 Å². The monoisotopic (exact) mass is 1010 g/mol. The molecule has 0 spiro atoms. The second kappa shape index (κ2) is 28.8. The third kappa shape index (κ3) is 18.5. The van der Waals surface area contributed by atoms with Crippen molar-refractivity contribution in [2.24, 2.45) is 29.2 Å². The molecule has 5 atom stereocenters. The van der Waals surface area contributed by atoms with Crippen LogP contribution >= 0.6 is 0 Å². The molecule has 0 amide bonds. The van der Waals surface area contributed by atoms with Crippen LogP contribution in [0.15, 0.2) is 185 Å². The summed E-state index contributed by atoms with van der Waals surface area (Å²) < 4.78 is 63.2. The molecule has 5 unspecified atom stereocenters. The molecule has 0 radical (unpaired) electrons. The number of aliphatic hydroxyl groups is 5. The van der Waals surface area contributed by atoms with Crippen molar-refractivity contribution in [2.45, 2.75) is 41.5 Å². The first-order valence-corrected chi connectivity index (χ1v) is 21.5. The van der Waals surface area contributed by atoms with E-state index in [1.54, 1.807) is 38.4 Å². The zero-order valence-corrected chi connectivity index (χ0v) is 41.1. The highest BCUT2D eigenvalue weighted by atomic mass is 19.1. The summed E-state index contributed by atoms with van der Waals surface area (Å²) in [6, 6.07) is 28.1. The van der Waals surface area contributed by atoms with E-state index >= 15 is 0 Å². The molecule has 0 aliphatic heterocycles. The molecule has 15 N–H and O–H groups in total. The zero-order chi connectivity index (χ0) is 55.3. The summed E-state index contributed by atoms with van der Waals surface area (Å²) >= 11 is 0. The first kappa shape index (κ1) is 63.9. The summed E-state index contributed by atoms with van der Waals surface area (Å²) in [4.78, 5) is 0. The summed E-state index contributed by atoms with van der Waals surface area (Å²) in [5.74, 6) is 25.7. The number of nitrogens with zero attached hydrogens (tertiary/aromatic N) is 5. The fourth-order valence-electron chi connectivity index (χ4n) is 5.97. The Balaban J connectivity index is 0.000000450. The van der Waals surface area contributed by atoms with Crippen LogP contribution in [0.1, 0.15) is 27.8 Å². The van der Waals surface area contributed by atoms with E-state index in [4.69, 9.17) is 29.2 Å². The third-order valence-corrected chi connectivity index (χ3v) is 10.9. The molecule has 20 heteroatoms. The lowest BCUT2D eigenvalue weighted by molar-refractivity contribution is -0.0599. The number of nitrogens with two attached hydrogens (primary N) is 5. The first-order valence-electron chi connectivity index (χ1n) is 21.5. The molecule has 15 nitrogen and oxygen atoms in total. The number of benzene rings is 5. The van der Waals surface area contributed by atoms with Gasteiger partial charge in [0.15, 0.2) is 28.6 Å². The normalized spacial score (nSPS) is 15.1. The highest BCUT2D eigenvalue weighted by molar-refractivity contribution is 5.28. The summed E-state index contributed by atoms with van der Waals surface area (Å²) in [7, 11) is 7.61. The standard InChI is InChI=1S/2C11H15FN2O.3C10H13FN2O/c2*1-3-11(15,14(2)13)8-9-4-6-10(12)7-5-9;3*1-3-10(14,13(2)12)8-4-6-9(11)7-5-8/h2*3-7,15H,1,8,13H2,2H3;3*3-7,14H,1,12H2,2H3. The fraction of sp³-hybridized carbons (Fsp3) is 0.231. The minimum Gasteiger partial charge on any atom is -0.370 e. The van der Waals surface area contributed by atoms with Crippen LogP contribution < -0.4 is 29.2 Å². The molecule has 0 aromatic heterocycles. The number of hydrogen-bond acceptors (Lipinski definition) is 15. The Bertz CT molecular complexity index is 2210. The van der Waals surface area contributed by atoms with Crippen molar-refractivity contribution in [3.05, 3.63) is 242 Å². The highest BCUT2D eigenvalue weighted by Crippen LogP contribution is 2.26. The Morgan fingerprint density at radius 3 is 0.667 bits per heavy atom. The van der Waals surface area contributed by atoms with E-state index < -0.39 is 28.6 Å². The Morgan fingerprint density at radius 1 is 0.347 bits per heavy atom. The summed E-state index contributed by atoms with van der Waals surface area (Å²) in [5, 5.41) is 55.7. The lowest BCUT2D eigenvalue weighted by atomic mass is 10.0. The number of hydrazine groups is 5. The van der Waals surface area contributed by atoms with Crippen molar-refractivity contribution in [1.29, 1.82) is 0 Å². The number of likely N-dealkylation sites (N-methyl/N-ethyl adjacent to an activating group) is 5. The van der Waals surface area contributed by atoms with Gasteiger partial charge in [-0.05, 0) is 102 Å². The summed E-state index contributed by atoms with van der Waals surface area (Å²) in [5.41, 5.74) is -4.02. The van der Waals surface area contributed by atoms with Crippen LogP contribution in [0.25, 0.3) is 0 Å². The van der Waals surface area contributed by atoms with Crippen molar-refractivity contribution >= 4 is 0 Å². The molecule has 392 valence electrons. The highest BCUT2D eigenvalue weighted by Gasteiger charge is 2.31. The molecule has 0 heterocycles. The van der Waals surface area contributed by atoms with E-state index in [1.807, 2.05) is 0 Å². The fourth-order valence-corrected chi connectivity index (χ4v) is 5.97. The molecule has 5 aromatic rings. The van der Waals surface area contributed by atoms with Gasteiger partial charge in [0.05, 0.1) is 0 Å². The van der Waals surface area contributed by atoms with Gasteiger partial charge in [0.2, 0.25) is 0 Å². The van der Waals surface area contributed by atoms with Crippen LogP contribution in [0.5, 0.6) is 0 Å². The minimum atomic E-state index is -1.46. The molecular formula is C52H69F5N10O5. The molecule has 5 rings (SSSR count). The quantitative estimate of drug-likeness (QED) is 0.0194. The van der Waals surface area contributed by atoms with E-state index in [-0.39, 0.29) is 41.9 Å². The van der Waals surface area contributed by atoms with E-state index in [2.05, 4.69) is 32.9 Å². The van der Waals surface area contributed by atoms with Gasteiger partial charge in [-0.25, -0.2) is 47.0 Å². The Kier molecular flexibility index (Phi) is 25.5. The minimum absolute atomic E-state index is 0.268. The van der Waals surface area contributed by atoms with Gasteiger partial charge in [0, 0.05) is 64.8 Å². The smallest absolute Gasteiger partial charge is 0.175 e. The zero-order valence-electron chi connectivity index (χ0n) is 41.1. The van der Waals surface area contributed by atoms with E-state index in [0.717, 1.165) is 26.2 Å². The average molecular weight is 1010 g/mol. The molecular weight excluding hydrogens is 940 g/mol. The predicted octanol–water partition coefficient (Wildman–Crippen LogP) is 4.98. The number of hydrogen-bond donors (Lipinski definition) is 10. The van der Waals surface area contributed by atoms with Crippen LogP contribution in [0.3, 0.4) is 0 Å². The molecule has 72 heavy (non-hydrogen) atoms. The van der Waals surface area contributed by atoms with Gasteiger partial charge in [0.25, 0.3) is 0 Å². The van der Waals surface area contributed by atoms with Crippen LogP contribution in [0.2, 0.25) is 0 Å². The lowest BCUT2D eigenvalue weighted by Crippen LogP contribution is -2.50. The molecule has 0 aliphatic rings. The second-order valence-electron chi connectivity index (χ2n) is 16.1. The topological polar surface area (TPSA) is 247 Å². The molecule has 0 bridgehead atoms. The van der Waals surface area contributed by atoms with Gasteiger partial charge in [0.1, 0.15) is 29.1 Å². The molecule has 0 fully saturated rings. The van der Waals surface area contributed by atoms with Crippen molar-refractivity contribution in [3.8, 4) is 0 Å². The average Bonchev–Trinajstić information content (AvgIpc) is 3.35. The van der Waals surface area contributed by atoms with Crippen molar-refractivity contribution < 1.29 is 47.5 Å². The van der Waals surface area contributed by atoms with Crippen LogP contribution in [-0.2, 0) is 30.0 Å². The van der Waals surface area contributed by atoms with Gasteiger partial charge < -0.3 is 25.5 Å². The van der Waals surface area contributed by atoms with Gasteiger partial charge in [-0.2, -0.15) is 0 Å². The molecule has 0 aliphatic carbocycles. The van der Waals surface area contributed by atoms with Crippen molar-refractivity contribution in [1.82, 2.24) is 25.0 Å². The number of halogens is 5. The van der Waals surface area contributed by atoms with Crippen molar-refractivity contribution in [3.63, 3.8) is 0 Å². The third-order valence-electron chi connectivity index (χ3n) is 10.9. The second-order valence-corrected chi connectivity index (χ2v) is 16.1. The van der Waals surface area contributed by atoms with Gasteiger partial charge in [-0.3, -0.25) is 29.2 Å². The van der Waals surface area contributed by atoms with Crippen LogP contribution in [-0.4, -0.2) is 97.3 Å². The van der Waals surface area contributed by atoms with E-state index in [0.29, 0.717) is 16.7 Å². The predicted molar refractivity (Wildman–Crippen MR) is 272 cm³/mol. The maximum Gasteiger partial charge on any atom is 0.175 e.